The number of thiazole rings is 1. The lowest BCUT2D eigenvalue weighted by molar-refractivity contribution is -0.117. The predicted octanol–water partition coefficient (Wildman–Crippen LogP) is 2.58. The summed E-state index contributed by atoms with van der Waals surface area (Å²) in [4.78, 5) is 16.1. The van der Waals surface area contributed by atoms with Gasteiger partial charge in [0.25, 0.3) is 0 Å². The molecule has 0 radical (unpaired) electrons. The summed E-state index contributed by atoms with van der Waals surface area (Å²) in [5.74, 6) is 0.00139. The van der Waals surface area contributed by atoms with Gasteiger partial charge in [-0.3, -0.25) is 4.79 Å². The van der Waals surface area contributed by atoms with Crippen LogP contribution in [0.5, 0.6) is 5.75 Å². The molecule has 0 bridgehead atoms. The number of carbonyl (C=O) groups excluding carboxylic acids is 1. The summed E-state index contributed by atoms with van der Waals surface area (Å²) in [6, 6.07) is 6.26. The lowest BCUT2D eigenvalue weighted by Crippen LogP contribution is -2.35. The van der Waals surface area contributed by atoms with Crippen LogP contribution < -0.4 is 11.1 Å². The molecule has 6 heteroatoms. The normalized spacial score (nSPS) is 12.1. The van der Waals surface area contributed by atoms with E-state index in [-0.39, 0.29) is 11.7 Å². The van der Waals surface area contributed by atoms with Crippen molar-refractivity contribution in [2.24, 2.45) is 5.73 Å². The molecular weight excluding hydrogens is 274 g/mol. The Morgan fingerprint density at radius 3 is 2.80 bits per heavy atom. The largest absolute Gasteiger partial charge is 0.508 e. The molecule has 5 nitrogen and oxygen atoms in total. The minimum atomic E-state index is -0.499. The lowest BCUT2D eigenvalue weighted by Gasteiger charge is -2.08. The van der Waals surface area contributed by atoms with Gasteiger partial charge in [-0.1, -0.05) is 13.3 Å². The van der Waals surface area contributed by atoms with Crippen molar-refractivity contribution in [3.05, 3.63) is 29.6 Å². The van der Waals surface area contributed by atoms with Crippen LogP contribution in [-0.4, -0.2) is 22.0 Å². The number of aromatic nitrogens is 1. The van der Waals surface area contributed by atoms with Crippen molar-refractivity contribution in [3.8, 4) is 17.0 Å². The fourth-order valence-electron chi connectivity index (χ4n) is 1.74. The number of anilines is 1. The number of rotatable bonds is 5. The van der Waals surface area contributed by atoms with Gasteiger partial charge in [-0.2, -0.15) is 0 Å². The Bertz CT molecular complexity index is 580. The van der Waals surface area contributed by atoms with Crippen LogP contribution in [0.15, 0.2) is 29.6 Å². The molecule has 0 fully saturated rings. The van der Waals surface area contributed by atoms with Crippen LogP contribution in [0.25, 0.3) is 11.3 Å². The Morgan fingerprint density at radius 2 is 2.15 bits per heavy atom. The van der Waals surface area contributed by atoms with Gasteiger partial charge >= 0.3 is 0 Å². The van der Waals surface area contributed by atoms with Gasteiger partial charge in [0.15, 0.2) is 5.13 Å². The standard InChI is InChI=1S/C14H17N3O2S/c1-2-3-11(15)13(19)17-14-16-12(8-20-14)9-4-6-10(18)7-5-9/h4-8,11,18H,2-3,15H2,1H3,(H,16,17,19). The number of hydrogen-bond acceptors (Lipinski definition) is 5. The summed E-state index contributed by atoms with van der Waals surface area (Å²) in [6.07, 6.45) is 1.52. The molecule has 2 aromatic rings. The van der Waals surface area contributed by atoms with E-state index >= 15 is 0 Å². The van der Waals surface area contributed by atoms with E-state index in [1.807, 2.05) is 12.3 Å². The molecular formula is C14H17N3O2S. The first-order valence-corrected chi connectivity index (χ1v) is 7.29. The Labute approximate surface area is 121 Å². The van der Waals surface area contributed by atoms with E-state index in [9.17, 15) is 9.90 Å². The molecule has 1 aromatic carbocycles. The fraction of sp³-hybridized carbons (Fsp3) is 0.286. The Kier molecular flexibility index (Phi) is 4.70. The average Bonchev–Trinajstić information content (AvgIpc) is 2.88. The first kappa shape index (κ1) is 14.5. The molecule has 1 atom stereocenters. The van der Waals surface area contributed by atoms with E-state index in [1.54, 1.807) is 24.3 Å². The molecule has 0 spiro atoms. The summed E-state index contributed by atoms with van der Waals surface area (Å²) in [5, 5.41) is 14.4. The number of nitrogens with zero attached hydrogens (tertiary/aromatic N) is 1. The number of hydrogen-bond donors (Lipinski definition) is 3. The van der Waals surface area contributed by atoms with Crippen molar-refractivity contribution in [1.82, 2.24) is 4.98 Å². The number of phenolic OH excluding ortho intramolecular Hbond substituents is 1. The van der Waals surface area contributed by atoms with Gasteiger partial charge < -0.3 is 16.2 Å². The van der Waals surface area contributed by atoms with E-state index in [0.29, 0.717) is 11.6 Å². The number of nitrogens with one attached hydrogen (secondary N) is 1. The smallest absolute Gasteiger partial charge is 0.243 e. The molecule has 1 amide bonds. The number of aromatic hydroxyl groups is 1. The monoisotopic (exact) mass is 291 g/mol. The third-order valence-electron chi connectivity index (χ3n) is 2.83. The summed E-state index contributed by atoms with van der Waals surface area (Å²) in [5.41, 5.74) is 7.39. The van der Waals surface area contributed by atoms with Gasteiger partial charge in [-0.15, -0.1) is 11.3 Å². The average molecular weight is 291 g/mol. The van der Waals surface area contributed by atoms with Crippen molar-refractivity contribution >= 4 is 22.4 Å². The molecule has 0 saturated heterocycles. The van der Waals surface area contributed by atoms with E-state index in [1.165, 1.54) is 11.3 Å². The molecule has 1 aromatic heterocycles. The molecule has 106 valence electrons. The van der Waals surface area contributed by atoms with Crippen molar-refractivity contribution in [3.63, 3.8) is 0 Å². The maximum absolute atomic E-state index is 11.8. The van der Waals surface area contributed by atoms with Crippen LogP contribution in [0.2, 0.25) is 0 Å². The minimum Gasteiger partial charge on any atom is -0.508 e. The second-order valence-corrected chi connectivity index (χ2v) is 5.33. The Balaban J connectivity index is 2.05. The Morgan fingerprint density at radius 1 is 1.45 bits per heavy atom. The molecule has 0 saturated carbocycles. The van der Waals surface area contributed by atoms with Gasteiger partial charge in [0.05, 0.1) is 11.7 Å². The van der Waals surface area contributed by atoms with Gasteiger partial charge in [0, 0.05) is 10.9 Å². The lowest BCUT2D eigenvalue weighted by atomic mass is 10.2. The molecule has 2 rings (SSSR count). The first-order valence-electron chi connectivity index (χ1n) is 6.41. The van der Waals surface area contributed by atoms with Crippen LogP contribution in [0.3, 0.4) is 0 Å². The van der Waals surface area contributed by atoms with Gasteiger partial charge in [-0.05, 0) is 30.7 Å². The quantitative estimate of drug-likeness (QED) is 0.790. The molecule has 0 aliphatic carbocycles. The summed E-state index contributed by atoms with van der Waals surface area (Å²) < 4.78 is 0. The van der Waals surface area contributed by atoms with E-state index in [0.717, 1.165) is 17.7 Å². The van der Waals surface area contributed by atoms with Crippen LogP contribution >= 0.6 is 11.3 Å². The molecule has 1 unspecified atom stereocenters. The number of carbonyl (C=O) groups is 1. The van der Waals surface area contributed by atoms with Crippen LogP contribution in [0.1, 0.15) is 19.8 Å². The number of benzene rings is 1. The topological polar surface area (TPSA) is 88.2 Å². The maximum Gasteiger partial charge on any atom is 0.243 e. The Hall–Kier alpha value is -1.92. The van der Waals surface area contributed by atoms with Gasteiger partial charge in [0.2, 0.25) is 5.91 Å². The predicted molar refractivity (Wildman–Crippen MR) is 80.7 cm³/mol. The second-order valence-electron chi connectivity index (χ2n) is 4.47. The summed E-state index contributed by atoms with van der Waals surface area (Å²) >= 11 is 1.35. The van der Waals surface area contributed by atoms with Crippen molar-refractivity contribution in [1.29, 1.82) is 0 Å². The third-order valence-corrected chi connectivity index (χ3v) is 3.59. The molecule has 4 N–H and O–H groups in total. The zero-order chi connectivity index (χ0) is 14.5. The first-order chi connectivity index (χ1) is 9.60. The molecule has 0 aliphatic heterocycles. The molecule has 0 aliphatic rings. The highest BCUT2D eigenvalue weighted by atomic mass is 32.1. The zero-order valence-electron chi connectivity index (χ0n) is 11.2. The van der Waals surface area contributed by atoms with Crippen molar-refractivity contribution in [2.45, 2.75) is 25.8 Å². The molecule has 20 heavy (non-hydrogen) atoms. The zero-order valence-corrected chi connectivity index (χ0v) is 12.0. The maximum atomic E-state index is 11.8. The fourth-order valence-corrected chi connectivity index (χ4v) is 2.46. The van der Waals surface area contributed by atoms with E-state index < -0.39 is 6.04 Å². The third kappa shape index (κ3) is 3.55. The SMILES string of the molecule is CCCC(N)C(=O)Nc1nc(-c2ccc(O)cc2)cs1. The number of phenols is 1. The number of amides is 1. The molecule has 1 heterocycles. The second kappa shape index (κ2) is 6.49. The highest BCUT2D eigenvalue weighted by Crippen LogP contribution is 2.26. The summed E-state index contributed by atoms with van der Waals surface area (Å²) in [6.45, 7) is 1.99. The van der Waals surface area contributed by atoms with E-state index in [4.69, 9.17) is 5.73 Å². The minimum absolute atomic E-state index is 0.210. The van der Waals surface area contributed by atoms with Crippen LogP contribution in [-0.2, 0) is 4.79 Å². The van der Waals surface area contributed by atoms with E-state index in [2.05, 4.69) is 10.3 Å². The number of nitrogens with two attached hydrogens (primary N) is 1. The van der Waals surface area contributed by atoms with Crippen molar-refractivity contribution in [2.75, 3.05) is 5.32 Å². The van der Waals surface area contributed by atoms with Crippen LogP contribution in [0.4, 0.5) is 5.13 Å². The highest BCUT2D eigenvalue weighted by Gasteiger charge is 2.14. The van der Waals surface area contributed by atoms with Crippen LogP contribution in [0, 0.1) is 0 Å². The van der Waals surface area contributed by atoms with Gasteiger partial charge in [0.1, 0.15) is 5.75 Å². The highest BCUT2D eigenvalue weighted by molar-refractivity contribution is 7.14. The van der Waals surface area contributed by atoms with Gasteiger partial charge in [-0.25, -0.2) is 4.98 Å². The summed E-state index contributed by atoms with van der Waals surface area (Å²) in [7, 11) is 0. The van der Waals surface area contributed by atoms with Crippen molar-refractivity contribution < 1.29 is 9.90 Å².